The standard InChI is InChI=1S/C24H27N3O5/c1-29-19-8-6-18(7-9-19)27-12-11-21(26-27)24(28)25-15-17-5-10-22(23(14-17)30-2)32-16-20-4-3-13-31-20/h5-12,14,20H,3-4,13,15-16H2,1-2H3,(H,25,28). The van der Waals surface area contributed by atoms with E-state index in [9.17, 15) is 4.79 Å². The van der Waals surface area contributed by atoms with Crippen molar-refractivity contribution in [3.63, 3.8) is 0 Å². The van der Waals surface area contributed by atoms with E-state index in [-0.39, 0.29) is 12.0 Å². The third-order valence-electron chi connectivity index (χ3n) is 5.29. The molecule has 8 nitrogen and oxygen atoms in total. The summed E-state index contributed by atoms with van der Waals surface area (Å²) >= 11 is 0. The molecule has 168 valence electrons. The van der Waals surface area contributed by atoms with Gasteiger partial charge in [-0.3, -0.25) is 4.79 Å². The van der Waals surface area contributed by atoms with Gasteiger partial charge in [0.1, 0.15) is 12.4 Å². The highest BCUT2D eigenvalue weighted by atomic mass is 16.5. The molecule has 0 radical (unpaired) electrons. The second kappa shape index (κ2) is 10.2. The second-order valence-corrected chi connectivity index (χ2v) is 7.46. The number of benzene rings is 2. The molecule has 4 rings (SSSR count). The minimum atomic E-state index is -0.255. The monoisotopic (exact) mass is 437 g/mol. The summed E-state index contributed by atoms with van der Waals surface area (Å²) in [6, 6.07) is 14.8. The molecule has 2 aromatic carbocycles. The smallest absolute Gasteiger partial charge is 0.272 e. The molecule has 1 N–H and O–H groups in total. The molecular formula is C24H27N3O5. The third kappa shape index (κ3) is 5.20. The van der Waals surface area contributed by atoms with Crippen LogP contribution in [0.25, 0.3) is 5.69 Å². The fraction of sp³-hybridized carbons (Fsp3) is 0.333. The Morgan fingerprint density at radius 2 is 1.97 bits per heavy atom. The molecule has 1 unspecified atom stereocenters. The number of rotatable bonds is 9. The van der Waals surface area contributed by atoms with E-state index < -0.39 is 0 Å². The Morgan fingerprint density at radius 1 is 1.12 bits per heavy atom. The van der Waals surface area contributed by atoms with Crippen molar-refractivity contribution in [1.82, 2.24) is 15.1 Å². The number of carbonyl (C=O) groups is 1. The number of aromatic nitrogens is 2. The zero-order chi connectivity index (χ0) is 22.3. The van der Waals surface area contributed by atoms with Crippen LogP contribution in [0.2, 0.25) is 0 Å². The Balaban J connectivity index is 1.34. The van der Waals surface area contributed by atoms with Gasteiger partial charge >= 0.3 is 0 Å². The van der Waals surface area contributed by atoms with Crippen LogP contribution in [-0.4, -0.2) is 49.2 Å². The zero-order valence-corrected chi connectivity index (χ0v) is 18.2. The van der Waals surface area contributed by atoms with Crippen LogP contribution in [0.4, 0.5) is 0 Å². The molecule has 0 bridgehead atoms. The number of nitrogens with zero attached hydrogens (tertiary/aromatic N) is 2. The number of ether oxygens (including phenoxy) is 4. The number of methoxy groups -OCH3 is 2. The van der Waals surface area contributed by atoms with E-state index in [1.165, 1.54) is 0 Å². The summed E-state index contributed by atoms with van der Waals surface area (Å²) in [6.45, 7) is 1.64. The number of amides is 1. The van der Waals surface area contributed by atoms with E-state index in [4.69, 9.17) is 18.9 Å². The lowest BCUT2D eigenvalue weighted by Gasteiger charge is -2.15. The quantitative estimate of drug-likeness (QED) is 0.553. The molecule has 0 spiro atoms. The normalized spacial score (nSPS) is 15.4. The first kappa shape index (κ1) is 21.7. The lowest BCUT2D eigenvalue weighted by atomic mass is 10.2. The number of hydrogen-bond acceptors (Lipinski definition) is 6. The van der Waals surface area contributed by atoms with Crippen molar-refractivity contribution in [2.24, 2.45) is 0 Å². The molecule has 1 aliphatic heterocycles. The maximum absolute atomic E-state index is 12.6. The molecule has 0 saturated carbocycles. The van der Waals surface area contributed by atoms with Crippen LogP contribution < -0.4 is 19.5 Å². The molecule has 2 heterocycles. The molecule has 1 saturated heterocycles. The Kier molecular flexibility index (Phi) is 6.91. The highest BCUT2D eigenvalue weighted by molar-refractivity contribution is 5.92. The first-order valence-corrected chi connectivity index (χ1v) is 10.6. The Labute approximate surface area is 187 Å². The summed E-state index contributed by atoms with van der Waals surface area (Å²) in [6.07, 6.45) is 3.97. The summed E-state index contributed by atoms with van der Waals surface area (Å²) in [7, 11) is 3.22. The van der Waals surface area contributed by atoms with Crippen LogP contribution in [0.1, 0.15) is 28.9 Å². The zero-order valence-electron chi connectivity index (χ0n) is 18.2. The van der Waals surface area contributed by atoms with Gasteiger partial charge in [0.2, 0.25) is 0 Å². The first-order chi connectivity index (χ1) is 15.7. The predicted octanol–water partition coefficient (Wildman–Crippen LogP) is 3.38. The fourth-order valence-electron chi connectivity index (χ4n) is 3.50. The molecular weight excluding hydrogens is 410 g/mol. The summed E-state index contributed by atoms with van der Waals surface area (Å²) in [5, 5.41) is 7.26. The van der Waals surface area contributed by atoms with Gasteiger partial charge in [0.25, 0.3) is 5.91 Å². The van der Waals surface area contributed by atoms with E-state index in [0.717, 1.165) is 36.4 Å². The molecule has 1 aliphatic rings. The van der Waals surface area contributed by atoms with Gasteiger partial charge < -0.3 is 24.3 Å². The number of nitrogens with one attached hydrogen (secondary N) is 1. The SMILES string of the molecule is COc1ccc(-n2ccc(C(=O)NCc3ccc(OCC4CCCO4)c(OC)c3)n2)cc1. The van der Waals surface area contributed by atoms with Gasteiger partial charge in [-0.05, 0) is 60.9 Å². The van der Waals surface area contributed by atoms with Crippen molar-refractivity contribution < 1.29 is 23.7 Å². The number of carbonyl (C=O) groups excluding carboxylic acids is 1. The lowest BCUT2D eigenvalue weighted by Crippen LogP contribution is -2.23. The fourth-order valence-corrected chi connectivity index (χ4v) is 3.50. The highest BCUT2D eigenvalue weighted by Crippen LogP contribution is 2.29. The maximum atomic E-state index is 12.6. The Bertz CT molecular complexity index is 1040. The van der Waals surface area contributed by atoms with E-state index >= 15 is 0 Å². The average Bonchev–Trinajstić information content (AvgIpc) is 3.54. The van der Waals surface area contributed by atoms with Gasteiger partial charge in [-0.15, -0.1) is 0 Å². The average molecular weight is 437 g/mol. The summed E-state index contributed by atoms with van der Waals surface area (Å²) in [4.78, 5) is 12.6. The van der Waals surface area contributed by atoms with Crippen molar-refractivity contribution in [3.8, 4) is 22.9 Å². The van der Waals surface area contributed by atoms with Crippen molar-refractivity contribution in [1.29, 1.82) is 0 Å². The van der Waals surface area contributed by atoms with E-state index in [0.29, 0.717) is 30.3 Å². The lowest BCUT2D eigenvalue weighted by molar-refractivity contribution is 0.0669. The van der Waals surface area contributed by atoms with E-state index in [1.807, 2.05) is 42.5 Å². The van der Waals surface area contributed by atoms with E-state index in [1.54, 1.807) is 31.2 Å². The molecule has 0 aliphatic carbocycles. The van der Waals surface area contributed by atoms with Crippen LogP contribution in [0.3, 0.4) is 0 Å². The summed E-state index contributed by atoms with van der Waals surface area (Å²) < 4.78 is 23.7. The van der Waals surface area contributed by atoms with Crippen molar-refractivity contribution in [3.05, 3.63) is 66.0 Å². The van der Waals surface area contributed by atoms with Crippen LogP contribution in [0, 0.1) is 0 Å². The summed E-state index contributed by atoms with van der Waals surface area (Å²) in [5.74, 6) is 1.79. The largest absolute Gasteiger partial charge is 0.497 e. The van der Waals surface area contributed by atoms with Crippen LogP contribution in [0.5, 0.6) is 17.2 Å². The van der Waals surface area contributed by atoms with E-state index in [2.05, 4.69) is 10.4 Å². The molecule has 1 atom stereocenters. The molecule has 1 fully saturated rings. The molecule has 3 aromatic rings. The first-order valence-electron chi connectivity index (χ1n) is 10.6. The number of hydrogen-bond donors (Lipinski definition) is 1. The molecule has 1 amide bonds. The van der Waals surface area contributed by atoms with Gasteiger partial charge in [0, 0.05) is 19.3 Å². The maximum Gasteiger partial charge on any atom is 0.272 e. The Hall–Kier alpha value is -3.52. The van der Waals surface area contributed by atoms with Crippen LogP contribution in [0.15, 0.2) is 54.7 Å². The van der Waals surface area contributed by atoms with Crippen LogP contribution in [-0.2, 0) is 11.3 Å². The van der Waals surface area contributed by atoms with Gasteiger partial charge in [0.05, 0.1) is 26.0 Å². The molecule has 32 heavy (non-hydrogen) atoms. The summed E-state index contributed by atoms with van der Waals surface area (Å²) in [5.41, 5.74) is 2.08. The van der Waals surface area contributed by atoms with Crippen molar-refractivity contribution >= 4 is 5.91 Å². The van der Waals surface area contributed by atoms with Gasteiger partial charge in [-0.2, -0.15) is 5.10 Å². The van der Waals surface area contributed by atoms with Gasteiger partial charge in [-0.1, -0.05) is 6.07 Å². The topological polar surface area (TPSA) is 83.8 Å². The van der Waals surface area contributed by atoms with Crippen molar-refractivity contribution in [2.75, 3.05) is 27.4 Å². The highest BCUT2D eigenvalue weighted by Gasteiger charge is 2.17. The Morgan fingerprint density at radius 3 is 2.69 bits per heavy atom. The minimum absolute atomic E-state index is 0.136. The van der Waals surface area contributed by atoms with Crippen LogP contribution >= 0.6 is 0 Å². The second-order valence-electron chi connectivity index (χ2n) is 7.46. The van der Waals surface area contributed by atoms with Gasteiger partial charge in [-0.25, -0.2) is 4.68 Å². The predicted molar refractivity (Wildman–Crippen MR) is 119 cm³/mol. The molecule has 8 heteroatoms. The van der Waals surface area contributed by atoms with Gasteiger partial charge in [0.15, 0.2) is 17.2 Å². The van der Waals surface area contributed by atoms with Crippen molar-refractivity contribution in [2.45, 2.75) is 25.5 Å². The minimum Gasteiger partial charge on any atom is -0.497 e. The third-order valence-corrected chi connectivity index (χ3v) is 5.29. The molecule has 1 aromatic heterocycles.